The first kappa shape index (κ1) is 15.7. The minimum atomic E-state index is -0.628. The van der Waals surface area contributed by atoms with E-state index in [1.165, 1.54) is 4.88 Å². The molecule has 2 aromatic rings. The van der Waals surface area contributed by atoms with E-state index in [-0.39, 0.29) is 0 Å². The molecule has 0 aliphatic carbocycles. The van der Waals surface area contributed by atoms with Gasteiger partial charge in [-0.3, -0.25) is 4.90 Å². The maximum atomic E-state index is 11.0. The van der Waals surface area contributed by atoms with Crippen LogP contribution < -0.4 is 0 Å². The van der Waals surface area contributed by atoms with Crippen LogP contribution in [0.4, 0.5) is 0 Å². The molecule has 22 heavy (non-hydrogen) atoms. The van der Waals surface area contributed by atoms with Gasteiger partial charge in [0.05, 0.1) is 18.4 Å². The van der Waals surface area contributed by atoms with Crippen LogP contribution in [0.25, 0.3) is 0 Å². The number of furan rings is 1. The van der Waals surface area contributed by atoms with Crippen molar-refractivity contribution in [2.45, 2.75) is 31.5 Å². The zero-order valence-corrected chi connectivity index (χ0v) is 13.9. The highest BCUT2D eigenvalue weighted by Gasteiger charge is 2.34. The molecule has 0 unspecified atom stereocenters. The average molecular weight is 320 g/mol. The van der Waals surface area contributed by atoms with Crippen LogP contribution in [0.15, 0.2) is 40.3 Å². The van der Waals surface area contributed by atoms with Crippen molar-refractivity contribution in [2.24, 2.45) is 0 Å². The predicted octanol–water partition coefficient (Wildman–Crippen LogP) is 2.80. The van der Waals surface area contributed by atoms with Crippen molar-refractivity contribution < 1.29 is 9.52 Å². The smallest absolute Gasteiger partial charge is 0.117 e. The minimum Gasteiger partial charge on any atom is -0.468 e. The summed E-state index contributed by atoms with van der Waals surface area (Å²) in [6.07, 6.45) is 3.64. The monoisotopic (exact) mass is 320 g/mol. The Labute approximate surface area is 136 Å². The molecule has 120 valence electrons. The third-order valence-corrected chi connectivity index (χ3v) is 5.04. The van der Waals surface area contributed by atoms with Crippen molar-refractivity contribution in [3.8, 4) is 0 Å². The van der Waals surface area contributed by atoms with Crippen LogP contribution in [0.1, 0.15) is 23.5 Å². The molecular formula is C17H24N2O2S. The lowest BCUT2D eigenvalue weighted by Crippen LogP contribution is -2.52. The maximum absolute atomic E-state index is 11.0. The highest BCUT2D eigenvalue weighted by molar-refractivity contribution is 7.09. The highest BCUT2D eigenvalue weighted by Crippen LogP contribution is 2.24. The molecule has 0 aromatic carbocycles. The van der Waals surface area contributed by atoms with Crippen molar-refractivity contribution >= 4 is 11.3 Å². The summed E-state index contributed by atoms with van der Waals surface area (Å²) >= 11 is 1.76. The van der Waals surface area contributed by atoms with Crippen molar-refractivity contribution in [3.63, 3.8) is 0 Å². The lowest BCUT2D eigenvalue weighted by Gasteiger charge is -2.40. The van der Waals surface area contributed by atoms with E-state index in [9.17, 15) is 5.11 Å². The molecule has 3 rings (SSSR count). The van der Waals surface area contributed by atoms with Gasteiger partial charge in [0, 0.05) is 24.5 Å². The van der Waals surface area contributed by atoms with Gasteiger partial charge in [-0.25, -0.2) is 0 Å². The standard InChI is InChI=1S/C17H24N2O2S/c1-18-8-4-7-17(20,13-18)14-19(11-15-5-2-9-21-15)12-16-6-3-10-22-16/h2-3,5-6,9-10,20H,4,7-8,11-14H2,1H3/t17-/m0/s1. The van der Waals surface area contributed by atoms with Crippen LogP contribution in [0.5, 0.6) is 0 Å². The van der Waals surface area contributed by atoms with Crippen molar-refractivity contribution in [3.05, 3.63) is 46.5 Å². The zero-order chi connectivity index (χ0) is 15.4. The molecule has 0 amide bonds. The number of thiophene rings is 1. The first-order valence-corrected chi connectivity index (χ1v) is 8.69. The summed E-state index contributed by atoms with van der Waals surface area (Å²) in [6.45, 7) is 4.08. The average Bonchev–Trinajstić information content (AvgIpc) is 3.11. The molecule has 1 aliphatic rings. The number of likely N-dealkylation sites (N-methyl/N-ethyl adjacent to an activating group) is 1. The first-order chi connectivity index (χ1) is 10.6. The van der Waals surface area contributed by atoms with Crippen molar-refractivity contribution in [2.75, 3.05) is 26.7 Å². The van der Waals surface area contributed by atoms with Crippen LogP contribution in [0.3, 0.4) is 0 Å². The van der Waals surface area contributed by atoms with Crippen molar-refractivity contribution in [1.82, 2.24) is 9.80 Å². The number of piperidine rings is 1. The molecule has 1 atom stereocenters. The van der Waals surface area contributed by atoms with Crippen molar-refractivity contribution in [1.29, 1.82) is 0 Å². The third kappa shape index (κ3) is 4.20. The fraction of sp³-hybridized carbons (Fsp3) is 0.529. The van der Waals surface area contributed by atoms with E-state index in [1.54, 1.807) is 17.6 Å². The Balaban J connectivity index is 1.69. The van der Waals surface area contributed by atoms with Gasteiger partial charge in [0.15, 0.2) is 0 Å². The van der Waals surface area contributed by atoms with Crippen LogP contribution in [0, 0.1) is 0 Å². The SMILES string of the molecule is CN1CCC[C@@](O)(CN(Cc2ccco2)Cc2cccs2)C1. The van der Waals surface area contributed by atoms with E-state index < -0.39 is 5.60 Å². The molecule has 0 spiro atoms. The number of hydrogen-bond acceptors (Lipinski definition) is 5. The fourth-order valence-electron chi connectivity index (χ4n) is 3.30. The molecule has 0 saturated carbocycles. The summed E-state index contributed by atoms with van der Waals surface area (Å²) < 4.78 is 5.50. The molecule has 0 radical (unpaired) electrons. The van der Waals surface area contributed by atoms with Gasteiger partial charge < -0.3 is 14.4 Å². The third-order valence-electron chi connectivity index (χ3n) is 4.18. The largest absolute Gasteiger partial charge is 0.468 e. The van der Waals surface area contributed by atoms with Gasteiger partial charge in [-0.05, 0) is 50.0 Å². The zero-order valence-electron chi connectivity index (χ0n) is 13.1. The number of rotatable bonds is 6. The molecule has 1 fully saturated rings. The lowest BCUT2D eigenvalue weighted by molar-refractivity contribution is -0.0510. The predicted molar refractivity (Wildman–Crippen MR) is 88.8 cm³/mol. The fourth-order valence-corrected chi connectivity index (χ4v) is 4.04. The Morgan fingerprint density at radius 1 is 1.36 bits per heavy atom. The molecule has 4 nitrogen and oxygen atoms in total. The Morgan fingerprint density at radius 2 is 2.27 bits per heavy atom. The molecule has 2 aromatic heterocycles. The van der Waals surface area contributed by atoms with E-state index >= 15 is 0 Å². The van der Waals surface area contributed by atoms with Crippen LogP contribution in [-0.4, -0.2) is 47.2 Å². The Morgan fingerprint density at radius 3 is 2.95 bits per heavy atom. The molecule has 1 aliphatic heterocycles. The van der Waals surface area contributed by atoms with Gasteiger partial charge in [0.1, 0.15) is 5.76 Å². The summed E-state index contributed by atoms with van der Waals surface area (Å²) in [6, 6.07) is 8.14. The normalized spacial score (nSPS) is 23.2. The van der Waals surface area contributed by atoms with Gasteiger partial charge in [-0.15, -0.1) is 11.3 Å². The molecule has 0 bridgehead atoms. The number of β-amino-alcohol motifs (C(OH)–C–C–N with tert-alkyl or cyclic N) is 1. The van der Waals surface area contributed by atoms with E-state index in [2.05, 4.69) is 34.4 Å². The summed E-state index contributed by atoms with van der Waals surface area (Å²) in [5, 5.41) is 13.1. The Bertz CT molecular complexity index is 519. The second-order valence-electron chi connectivity index (χ2n) is 6.37. The highest BCUT2D eigenvalue weighted by atomic mass is 32.1. The summed E-state index contributed by atoms with van der Waals surface area (Å²) in [4.78, 5) is 5.84. The lowest BCUT2D eigenvalue weighted by atomic mass is 9.92. The second kappa shape index (κ2) is 6.96. The molecule has 1 saturated heterocycles. The summed E-state index contributed by atoms with van der Waals surface area (Å²) in [5.41, 5.74) is -0.628. The number of nitrogens with zero attached hydrogens (tertiary/aromatic N) is 2. The topological polar surface area (TPSA) is 39.9 Å². The number of likely N-dealkylation sites (tertiary alicyclic amines) is 1. The van der Waals surface area contributed by atoms with Gasteiger partial charge in [-0.1, -0.05) is 6.07 Å². The van der Waals surface area contributed by atoms with Crippen LogP contribution >= 0.6 is 11.3 Å². The van der Waals surface area contributed by atoms with E-state index in [0.29, 0.717) is 6.54 Å². The molecular weight excluding hydrogens is 296 g/mol. The van der Waals surface area contributed by atoms with Gasteiger partial charge >= 0.3 is 0 Å². The van der Waals surface area contributed by atoms with E-state index in [1.807, 2.05) is 12.1 Å². The van der Waals surface area contributed by atoms with E-state index in [0.717, 1.165) is 44.8 Å². The van der Waals surface area contributed by atoms with Gasteiger partial charge in [-0.2, -0.15) is 0 Å². The first-order valence-electron chi connectivity index (χ1n) is 7.81. The molecule has 5 heteroatoms. The van der Waals surface area contributed by atoms with Gasteiger partial charge in [0.2, 0.25) is 0 Å². The molecule has 1 N–H and O–H groups in total. The minimum absolute atomic E-state index is 0.628. The Kier molecular flexibility index (Phi) is 4.98. The van der Waals surface area contributed by atoms with Crippen LogP contribution in [-0.2, 0) is 13.1 Å². The number of aliphatic hydroxyl groups is 1. The summed E-state index contributed by atoms with van der Waals surface area (Å²) in [7, 11) is 2.08. The van der Waals surface area contributed by atoms with E-state index in [4.69, 9.17) is 4.42 Å². The quantitative estimate of drug-likeness (QED) is 0.888. The van der Waals surface area contributed by atoms with Crippen LogP contribution in [0.2, 0.25) is 0 Å². The number of hydrogen-bond donors (Lipinski definition) is 1. The maximum Gasteiger partial charge on any atom is 0.117 e. The Hall–Kier alpha value is -1.14. The second-order valence-corrected chi connectivity index (χ2v) is 7.40. The van der Waals surface area contributed by atoms with Gasteiger partial charge in [0.25, 0.3) is 0 Å². The summed E-state index contributed by atoms with van der Waals surface area (Å²) in [5.74, 6) is 0.948. The molecule has 3 heterocycles.